The molecule has 2 amide bonds. The molecule has 0 bridgehead atoms. The van der Waals surface area contributed by atoms with Crippen molar-refractivity contribution in [2.75, 3.05) is 13.1 Å². The summed E-state index contributed by atoms with van der Waals surface area (Å²) in [6, 6.07) is 7.62. The fourth-order valence-electron chi connectivity index (χ4n) is 11.0. The molecule has 7 nitrogen and oxygen atoms in total. The smallest absolute Gasteiger partial charge is 0.303 e. The molecule has 0 radical (unpaired) electrons. The summed E-state index contributed by atoms with van der Waals surface area (Å²) in [7, 11) is 0. The lowest BCUT2D eigenvalue weighted by Crippen LogP contribution is -2.58. The van der Waals surface area contributed by atoms with E-state index in [1.807, 2.05) is 25.1 Å². The second-order valence-corrected chi connectivity index (χ2v) is 16.6. The number of carbonyl (C=O) groups is 3. The van der Waals surface area contributed by atoms with Crippen LogP contribution in [0.1, 0.15) is 146 Å². The molecule has 1 aromatic rings. The van der Waals surface area contributed by atoms with E-state index in [0.717, 1.165) is 50.5 Å². The molecular formula is C42H66N2O5. The van der Waals surface area contributed by atoms with Gasteiger partial charge in [0.15, 0.2) is 0 Å². The Bertz CT molecular complexity index is 1280. The Kier molecular flexibility index (Phi) is 14.0. The van der Waals surface area contributed by atoms with Gasteiger partial charge in [-0.2, -0.15) is 0 Å². The molecule has 0 aromatic heterocycles. The monoisotopic (exact) mass is 678 g/mol. The second kappa shape index (κ2) is 17.5. The van der Waals surface area contributed by atoms with Gasteiger partial charge >= 0.3 is 5.97 Å². The molecule has 4 N–H and O–H groups in total. The summed E-state index contributed by atoms with van der Waals surface area (Å²) >= 11 is 0. The Balaban J connectivity index is 0.00000174. The van der Waals surface area contributed by atoms with Gasteiger partial charge in [0, 0.05) is 25.1 Å². The van der Waals surface area contributed by atoms with E-state index in [9.17, 15) is 19.5 Å². The summed E-state index contributed by atoms with van der Waals surface area (Å²) in [6.07, 6.45) is 18.3. The minimum atomic E-state index is -0.814. The average Bonchev–Trinajstić information content (AvgIpc) is 3.50. The Labute approximate surface area is 296 Å². The number of carboxylic acid groups (broad SMARTS) is 1. The van der Waals surface area contributed by atoms with Crippen LogP contribution in [0.3, 0.4) is 0 Å². The maximum Gasteiger partial charge on any atom is 0.303 e. The number of rotatable bonds is 10. The van der Waals surface area contributed by atoms with Gasteiger partial charge in [-0.3, -0.25) is 14.4 Å². The number of aliphatic carboxylic acids is 1. The molecule has 4 aliphatic rings. The highest BCUT2D eigenvalue weighted by Gasteiger charge is 2.61. The molecule has 0 heterocycles. The molecule has 0 spiro atoms. The van der Waals surface area contributed by atoms with Crippen LogP contribution in [0.25, 0.3) is 0 Å². The average molecular weight is 679 g/mol. The fraction of sp³-hybridized carbons (Fsp3) is 0.738. The molecule has 7 unspecified atom stereocenters. The van der Waals surface area contributed by atoms with Gasteiger partial charge in [-0.1, -0.05) is 71.1 Å². The van der Waals surface area contributed by atoms with Gasteiger partial charge in [-0.05, 0) is 130 Å². The highest BCUT2D eigenvalue weighted by atomic mass is 16.4. The molecule has 7 heteroatoms. The first kappa shape index (κ1) is 39.1. The number of nitrogens with one attached hydrogen (secondary N) is 2. The summed E-state index contributed by atoms with van der Waals surface area (Å²) in [5, 5.41) is 26.1. The van der Waals surface area contributed by atoms with Crippen LogP contribution in [0.15, 0.2) is 36.9 Å². The number of aliphatic hydroxyl groups is 1. The van der Waals surface area contributed by atoms with Gasteiger partial charge in [-0.15, -0.1) is 6.58 Å². The zero-order valence-electron chi connectivity index (χ0n) is 31.0. The standard InChI is InChI=1S/C39H60N2O5.C3H6/c1-37(2)32-18-17-29-30(38(32,3)23-19-33(37)42)14-6-4-5-8-21-39(22-11-15-31(29)39)36(46)41-25-20-27-12-10-13-28(26-27)35(45)40-24-9-7-16-34(43)44;1-3-2/h10,12-13,26,29-33,42H,4-9,11,14-25H2,1-3H3,(H,40,45)(H,41,46)(H,43,44);3H,1H2,2H3. The first-order valence-electron chi connectivity index (χ1n) is 19.5. The van der Waals surface area contributed by atoms with Gasteiger partial charge in [0.05, 0.1) is 11.5 Å². The third-order valence-corrected chi connectivity index (χ3v) is 13.4. The molecule has 5 rings (SSSR count). The maximum absolute atomic E-state index is 14.4. The largest absolute Gasteiger partial charge is 0.481 e. The second-order valence-electron chi connectivity index (χ2n) is 16.6. The number of hydrogen-bond acceptors (Lipinski definition) is 4. The topological polar surface area (TPSA) is 116 Å². The molecule has 1 aromatic carbocycles. The summed E-state index contributed by atoms with van der Waals surface area (Å²) in [4.78, 5) is 37.8. The Morgan fingerprint density at radius 3 is 2.35 bits per heavy atom. The van der Waals surface area contributed by atoms with E-state index in [-0.39, 0.29) is 40.6 Å². The van der Waals surface area contributed by atoms with Crippen molar-refractivity contribution in [3.05, 3.63) is 48.0 Å². The van der Waals surface area contributed by atoms with E-state index in [1.165, 1.54) is 38.5 Å². The van der Waals surface area contributed by atoms with E-state index >= 15 is 0 Å². The molecule has 7 atom stereocenters. The lowest BCUT2D eigenvalue weighted by molar-refractivity contribution is -0.167. The van der Waals surface area contributed by atoms with Crippen molar-refractivity contribution in [2.45, 2.75) is 143 Å². The Morgan fingerprint density at radius 2 is 1.59 bits per heavy atom. The van der Waals surface area contributed by atoms with Crippen molar-refractivity contribution < 1.29 is 24.6 Å². The number of hydrogen-bond donors (Lipinski definition) is 4. The third kappa shape index (κ3) is 8.98. The minimum Gasteiger partial charge on any atom is -0.481 e. The van der Waals surface area contributed by atoms with Crippen molar-refractivity contribution >= 4 is 17.8 Å². The van der Waals surface area contributed by atoms with Gasteiger partial charge in [-0.25, -0.2) is 0 Å². The number of carboxylic acids is 1. The lowest BCUT2D eigenvalue weighted by atomic mass is 9.43. The SMILES string of the molecule is C=CC.CC1(C)C(O)CCC2(C)C3CCCCCCC4(C(=O)NCCc5cccc(C(=O)NCCCCC(=O)O)c5)CCCC4C3CCC12. The number of carbonyl (C=O) groups excluding carboxylic acids is 2. The van der Waals surface area contributed by atoms with E-state index in [1.54, 1.807) is 12.1 Å². The molecule has 0 saturated heterocycles. The van der Waals surface area contributed by atoms with Gasteiger partial charge in [0.25, 0.3) is 5.91 Å². The van der Waals surface area contributed by atoms with Crippen molar-refractivity contribution in [1.29, 1.82) is 0 Å². The predicted octanol–water partition coefficient (Wildman–Crippen LogP) is 8.49. The molecule has 4 fully saturated rings. The van der Waals surface area contributed by atoms with Crippen LogP contribution in [0.4, 0.5) is 0 Å². The van der Waals surface area contributed by atoms with Crippen LogP contribution in [-0.4, -0.2) is 47.2 Å². The molecule has 4 saturated carbocycles. The van der Waals surface area contributed by atoms with Gasteiger partial charge < -0.3 is 20.8 Å². The summed E-state index contributed by atoms with van der Waals surface area (Å²) in [6.45, 7) is 13.4. The highest BCUT2D eigenvalue weighted by molar-refractivity contribution is 5.94. The van der Waals surface area contributed by atoms with E-state index in [2.05, 4.69) is 38.0 Å². The van der Waals surface area contributed by atoms with Crippen LogP contribution in [0.2, 0.25) is 0 Å². The molecule has 274 valence electrons. The van der Waals surface area contributed by atoms with E-state index in [4.69, 9.17) is 5.11 Å². The zero-order chi connectivity index (χ0) is 35.7. The molecule has 0 aliphatic heterocycles. The van der Waals surface area contributed by atoms with E-state index < -0.39 is 5.97 Å². The predicted molar refractivity (Wildman–Crippen MR) is 197 cm³/mol. The quantitative estimate of drug-likeness (QED) is 0.146. The number of benzene rings is 1. The van der Waals surface area contributed by atoms with Gasteiger partial charge in [0.1, 0.15) is 0 Å². The van der Waals surface area contributed by atoms with Crippen LogP contribution in [-0.2, 0) is 16.0 Å². The fourth-order valence-corrected chi connectivity index (χ4v) is 11.0. The van der Waals surface area contributed by atoms with Crippen LogP contribution < -0.4 is 10.6 Å². The molecular weight excluding hydrogens is 612 g/mol. The number of fused-ring (bicyclic) bond motifs is 5. The molecule has 49 heavy (non-hydrogen) atoms. The summed E-state index contributed by atoms with van der Waals surface area (Å²) in [5.41, 5.74) is 1.51. The normalized spacial score (nSPS) is 32.1. The number of unbranched alkanes of at least 4 members (excludes halogenated alkanes) is 1. The first-order chi connectivity index (χ1) is 23.4. The Morgan fingerprint density at radius 1 is 0.878 bits per heavy atom. The highest BCUT2D eigenvalue weighted by Crippen LogP contribution is 2.66. The summed E-state index contributed by atoms with van der Waals surface area (Å²) in [5.74, 6) is 1.47. The number of amides is 2. The van der Waals surface area contributed by atoms with E-state index in [0.29, 0.717) is 61.6 Å². The van der Waals surface area contributed by atoms with Crippen molar-refractivity contribution in [2.24, 2.45) is 39.9 Å². The summed E-state index contributed by atoms with van der Waals surface area (Å²) < 4.78 is 0. The zero-order valence-corrected chi connectivity index (χ0v) is 31.0. The van der Waals surface area contributed by atoms with Crippen LogP contribution in [0, 0.1) is 39.9 Å². The lowest BCUT2D eigenvalue weighted by Gasteiger charge is -2.62. The third-order valence-electron chi connectivity index (χ3n) is 13.4. The minimum absolute atomic E-state index is 0.0582. The molecule has 4 aliphatic carbocycles. The van der Waals surface area contributed by atoms with Crippen molar-refractivity contribution in [3.63, 3.8) is 0 Å². The van der Waals surface area contributed by atoms with Crippen molar-refractivity contribution in [3.8, 4) is 0 Å². The van der Waals surface area contributed by atoms with Gasteiger partial charge in [0.2, 0.25) is 5.91 Å². The maximum atomic E-state index is 14.4. The van der Waals surface area contributed by atoms with Crippen LogP contribution in [0.5, 0.6) is 0 Å². The van der Waals surface area contributed by atoms with Crippen molar-refractivity contribution in [1.82, 2.24) is 10.6 Å². The Hall–Kier alpha value is -2.67. The first-order valence-corrected chi connectivity index (χ1v) is 19.5. The van der Waals surface area contributed by atoms with Crippen LogP contribution >= 0.6 is 0 Å². The number of allylic oxidation sites excluding steroid dienone is 1. The number of aliphatic hydroxyl groups excluding tert-OH is 1.